The number of H-pyrrole nitrogens is 1. The number of anilines is 2. The second-order valence-corrected chi connectivity index (χ2v) is 8.30. The highest BCUT2D eigenvalue weighted by molar-refractivity contribution is 7.98. The Balaban J connectivity index is 1.60. The van der Waals surface area contributed by atoms with E-state index in [2.05, 4.69) is 20.6 Å². The standard InChI is InChI=1S/C21H15ClF2N4O3S/c22-13-4-2-1-3-10(13)9-32-21-27-18-17(20(31)28-21)12(8-16(29)26-18)19(30)25-15-7-11(23)5-6-14(15)24/h1-7,12H,8-9H2,(H,25,30)(H2,26,27,28,29,31)/t12-/m1/s1. The predicted octanol–water partition coefficient (Wildman–Crippen LogP) is 4.06. The first-order valence-corrected chi connectivity index (χ1v) is 10.7. The molecule has 0 spiro atoms. The summed E-state index contributed by atoms with van der Waals surface area (Å²) in [6.45, 7) is 0. The van der Waals surface area contributed by atoms with E-state index in [0.717, 1.165) is 23.8 Å². The maximum absolute atomic E-state index is 13.9. The number of fused-ring (bicyclic) bond motifs is 1. The molecule has 3 aromatic rings. The largest absolute Gasteiger partial charge is 0.323 e. The van der Waals surface area contributed by atoms with Gasteiger partial charge in [0.1, 0.15) is 17.5 Å². The van der Waals surface area contributed by atoms with E-state index in [4.69, 9.17) is 11.6 Å². The lowest BCUT2D eigenvalue weighted by Gasteiger charge is -2.23. The van der Waals surface area contributed by atoms with Crippen LogP contribution in [0.4, 0.5) is 20.3 Å². The molecule has 0 radical (unpaired) electrons. The Hall–Kier alpha value is -3.24. The molecule has 1 aliphatic rings. The maximum atomic E-state index is 13.9. The van der Waals surface area contributed by atoms with E-state index in [-0.39, 0.29) is 28.6 Å². The van der Waals surface area contributed by atoms with Crippen LogP contribution >= 0.6 is 23.4 Å². The van der Waals surface area contributed by atoms with Gasteiger partial charge in [0.05, 0.1) is 17.2 Å². The summed E-state index contributed by atoms with van der Waals surface area (Å²) in [5.41, 5.74) is -0.227. The van der Waals surface area contributed by atoms with Crippen molar-refractivity contribution in [2.45, 2.75) is 23.2 Å². The molecule has 0 saturated heterocycles. The van der Waals surface area contributed by atoms with Crippen molar-refractivity contribution < 1.29 is 18.4 Å². The zero-order valence-corrected chi connectivity index (χ0v) is 17.8. The quantitative estimate of drug-likeness (QED) is 0.380. The number of hydrogen-bond donors (Lipinski definition) is 3. The lowest BCUT2D eigenvalue weighted by Crippen LogP contribution is -2.36. The van der Waals surface area contributed by atoms with Crippen LogP contribution in [0.1, 0.15) is 23.5 Å². The van der Waals surface area contributed by atoms with Crippen molar-refractivity contribution in [1.29, 1.82) is 0 Å². The first-order chi connectivity index (χ1) is 15.3. The summed E-state index contributed by atoms with van der Waals surface area (Å²) < 4.78 is 27.3. The summed E-state index contributed by atoms with van der Waals surface area (Å²) in [4.78, 5) is 44.5. The Bertz CT molecular complexity index is 1280. The summed E-state index contributed by atoms with van der Waals surface area (Å²) in [5, 5.41) is 5.53. The number of rotatable bonds is 5. The normalized spacial score (nSPS) is 15.1. The number of hydrogen-bond acceptors (Lipinski definition) is 5. The fourth-order valence-corrected chi connectivity index (χ4v) is 4.36. The molecule has 0 aliphatic carbocycles. The second kappa shape index (κ2) is 9.09. The van der Waals surface area contributed by atoms with E-state index < -0.39 is 34.9 Å². The fraction of sp³-hybridized carbons (Fsp3) is 0.143. The number of carbonyl (C=O) groups is 2. The zero-order valence-electron chi connectivity index (χ0n) is 16.2. The number of aromatic amines is 1. The first kappa shape index (κ1) is 22.0. The Morgan fingerprint density at radius 3 is 2.78 bits per heavy atom. The third-order valence-electron chi connectivity index (χ3n) is 4.75. The van der Waals surface area contributed by atoms with Crippen LogP contribution in [0.3, 0.4) is 0 Å². The lowest BCUT2D eigenvalue weighted by atomic mass is 9.92. The van der Waals surface area contributed by atoms with Crippen molar-refractivity contribution in [2.24, 2.45) is 0 Å². The van der Waals surface area contributed by atoms with E-state index >= 15 is 0 Å². The van der Waals surface area contributed by atoms with E-state index in [1.165, 1.54) is 11.8 Å². The topological polar surface area (TPSA) is 104 Å². The van der Waals surface area contributed by atoms with Crippen LogP contribution in [0.25, 0.3) is 0 Å². The summed E-state index contributed by atoms with van der Waals surface area (Å²) in [6.07, 6.45) is -0.341. The molecule has 2 heterocycles. The Labute approximate surface area is 189 Å². The molecule has 1 aromatic heterocycles. The predicted molar refractivity (Wildman–Crippen MR) is 117 cm³/mol. The minimum atomic E-state index is -1.22. The van der Waals surface area contributed by atoms with Crippen LogP contribution in [-0.2, 0) is 15.3 Å². The van der Waals surface area contributed by atoms with Crippen molar-refractivity contribution in [3.63, 3.8) is 0 Å². The highest BCUT2D eigenvalue weighted by atomic mass is 35.5. The summed E-state index contributed by atoms with van der Waals surface area (Å²) >= 11 is 7.34. The molecule has 1 aliphatic heterocycles. The van der Waals surface area contributed by atoms with E-state index in [1.54, 1.807) is 12.1 Å². The Morgan fingerprint density at radius 2 is 2.00 bits per heavy atom. The highest BCUT2D eigenvalue weighted by Crippen LogP contribution is 2.32. The van der Waals surface area contributed by atoms with Crippen LogP contribution in [0.15, 0.2) is 52.4 Å². The molecule has 4 rings (SSSR count). The van der Waals surface area contributed by atoms with Crippen LogP contribution in [0.5, 0.6) is 0 Å². The third-order valence-corrected chi connectivity index (χ3v) is 6.05. The number of amides is 2. The highest BCUT2D eigenvalue weighted by Gasteiger charge is 2.35. The molecule has 1 atom stereocenters. The van der Waals surface area contributed by atoms with Gasteiger partial charge in [-0.05, 0) is 23.8 Å². The molecule has 7 nitrogen and oxygen atoms in total. The molecule has 32 heavy (non-hydrogen) atoms. The van der Waals surface area contributed by atoms with Gasteiger partial charge in [-0.3, -0.25) is 14.4 Å². The minimum absolute atomic E-state index is 0.0495. The van der Waals surface area contributed by atoms with Gasteiger partial charge in [0.2, 0.25) is 11.8 Å². The van der Waals surface area contributed by atoms with E-state index in [1.807, 2.05) is 12.1 Å². The van der Waals surface area contributed by atoms with Gasteiger partial charge in [-0.1, -0.05) is 41.6 Å². The van der Waals surface area contributed by atoms with E-state index in [0.29, 0.717) is 10.8 Å². The van der Waals surface area contributed by atoms with Crippen molar-refractivity contribution >= 4 is 46.7 Å². The molecular formula is C21H15ClF2N4O3S. The number of nitrogens with one attached hydrogen (secondary N) is 3. The monoisotopic (exact) mass is 476 g/mol. The van der Waals surface area contributed by atoms with Crippen molar-refractivity contribution in [3.8, 4) is 0 Å². The van der Waals surface area contributed by atoms with Crippen LogP contribution in [-0.4, -0.2) is 21.8 Å². The summed E-state index contributed by atoms with van der Waals surface area (Å²) in [7, 11) is 0. The molecule has 0 unspecified atom stereocenters. The number of aromatic nitrogens is 2. The van der Waals surface area contributed by atoms with Crippen molar-refractivity contribution in [2.75, 3.05) is 10.6 Å². The lowest BCUT2D eigenvalue weighted by molar-refractivity contribution is -0.123. The Morgan fingerprint density at radius 1 is 1.22 bits per heavy atom. The average Bonchev–Trinajstić information content (AvgIpc) is 2.75. The van der Waals surface area contributed by atoms with Gasteiger partial charge in [-0.2, -0.15) is 0 Å². The summed E-state index contributed by atoms with van der Waals surface area (Å²) in [6, 6.07) is 9.79. The molecule has 2 aromatic carbocycles. The first-order valence-electron chi connectivity index (χ1n) is 9.38. The molecule has 164 valence electrons. The Kier molecular flexibility index (Phi) is 6.24. The van der Waals surface area contributed by atoms with E-state index in [9.17, 15) is 23.2 Å². The SMILES string of the molecule is O=C1C[C@@H](C(=O)Nc2cc(F)ccc2F)c2c(nc(SCc3ccccc3Cl)[nH]c2=O)N1. The van der Waals surface area contributed by atoms with Gasteiger partial charge in [0.25, 0.3) is 5.56 Å². The molecule has 3 N–H and O–H groups in total. The van der Waals surface area contributed by atoms with Crippen molar-refractivity contribution in [3.05, 3.63) is 80.6 Å². The van der Waals surface area contributed by atoms with Crippen LogP contribution in [0.2, 0.25) is 5.02 Å². The number of benzene rings is 2. The van der Waals surface area contributed by atoms with Gasteiger partial charge < -0.3 is 15.6 Å². The zero-order chi connectivity index (χ0) is 22.8. The second-order valence-electron chi connectivity index (χ2n) is 6.93. The number of nitrogens with zero attached hydrogens (tertiary/aromatic N) is 1. The fourth-order valence-electron chi connectivity index (χ4n) is 3.22. The molecule has 2 amide bonds. The van der Waals surface area contributed by atoms with Crippen molar-refractivity contribution in [1.82, 2.24) is 9.97 Å². The molecule has 0 saturated carbocycles. The van der Waals surface area contributed by atoms with Gasteiger partial charge in [0.15, 0.2) is 5.16 Å². The van der Waals surface area contributed by atoms with Gasteiger partial charge >= 0.3 is 0 Å². The van der Waals surface area contributed by atoms with Gasteiger partial charge in [0, 0.05) is 23.3 Å². The molecule has 0 bridgehead atoms. The molecule has 0 fully saturated rings. The van der Waals surface area contributed by atoms with Crippen LogP contribution in [0, 0.1) is 11.6 Å². The van der Waals surface area contributed by atoms with Crippen LogP contribution < -0.4 is 16.2 Å². The maximum Gasteiger partial charge on any atom is 0.257 e. The average molecular weight is 477 g/mol. The third kappa shape index (κ3) is 4.66. The number of carbonyl (C=O) groups excluding carboxylic acids is 2. The minimum Gasteiger partial charge on any atom is -0.323 e. The summed E-state index contributed by atoms with van der Waals surface area (Å²) in [5.74, 6) is -3.81. The van der Waals surface area contributed by atoms with Gasteiger partial charge in [-0.25, -0.2) is 13.8 Å². The number of thioether (sulfide) groups is 1. The smallest absolute Gasteiger partial charge is 0.257 e. The molecule has 11 heteroatoms. The van der Waals surface area contributed by atoms with Gasteiger partial charge in [-0.15, -0.1) is 0 Å². The molecular weight excluding hydrogens is 462 g/mol. The number of halogens is 3.